The van der Waals surface area contributed by atoms with Crippen LogP contribution in [0, 0.1) is 0 Å². The van der Waals surface area contributed by atoms with Crippen molar-refractivity contribution in [3.63, 3.8) is 0 Å². The Labute approximate surface area is 163 Å². The average molecular weight is 411 g/mol. The van der Waals surface area contributed by atoms with Crippen LogP contribution in [0.2, 0.25) is 10.0 Å². The Morgan fingerprint density at radius 3 is 2.37 bits per heavy atom. The van der Waals surface area contributed by atoms with E-state index >= 15 is 0 Å². The van der Waals surface area contributed by atoms with E-state index in [1.807, 2.05) is 12.1 Å². The van der Waals surface area contributed by atoms with Crippen LogP contribution in [0.25, 0.3) is 11.5 Å². The zero-order valence-corrected chi connectivity index (χ0v) is 15.5. The van der Waals surface area contributed by atoms with Gasteiger partial charge in [0.25, 0.3) is 11.8 Å². The molecule has 0 spiro atoms. The summed E-state index contributed by atoms with van der Waals surface area (Å²) in [5, 5.41) is 7.96. The summed E-state index contributed by atoms with van der Waals surface area (Å²) in [5.74, 6) is -0.0973. The van der Waals surface area contributed by atoms with E-state index in [4.69, 9.17) is 27.6 Å². The average Bonchev–Trinajstić information content (AvgIpc) is 3.12. The second-order valence-electron chi connectivity index (χ2n) is 6.57. The SMILES string of the molecule is FC(F)c1nnc(-c2cnc(CC3(c4ccc(Cl)c(Cl)c4)CCC3)nc2)o1. The first-order valence-electron chi connectivity index (χ1n) is 8.35. The fourth-order valence-corrected chi connectivity index (χ4v) is 3.59. The quantitative estimate of drug-likeness (QED) is 0.560. The van der Waals surface area contributed by atoms with Crippen LogP contribution in [-0.2, 0) is 11.8 Å². The largest absolute Gasteiger partial charge is 0.415 e. The van der Waals surface area contributed by atoms with Crippen molar-refractivity contribution in [3.05, 3.63) is 57.9 Å². The van der Waals surface area contributed by atoms with Gasteiger partial charge in [-0.2, -0.15) is 8.78 Å². The van der Waals surface area contributed by atoms with Crippen LogP contribution in [0.3, 0.4) is 0 Å². The lowest BCUT2D eigenvalue weighted by atomic mass is 9.62. The van der Waals surface area contributed by atoms with Crippen molar-refractivity contribution in [2.24, 2.45) is 0 Å². The Morgan fingerprint density at radius 1 is 1.07 bits per heavy atom. The first-order chi connectivity index (χ1) is 13.0. The standard InChI is InChI=1S/C18H14Cl2F2N4O/c19-12-3-2-11(6-13(12)20)18(4-1-5-18)7-14-23-8-10(9-24-14)16-25-26-17(27-16)15(21)22/h2-3,6,8-9,15H,1,4-5,7H2. The van der Waals surface area contributed by atoms with Crippen molar-refractivity contribution >= 4 is 23.2 Å². The molecular formula is C18H14Cl2F2N4O. The van der Waals surface area contributed by atoms with Gasteiger partial charge in [-0.25, -0.2) is 9.97 Å². The highest BCUT2D eigenvalue weighted by Gasteiger charge is 2.39. The maximum atomic E-state index is 12.6. The van der Waals surface area contributed by atoms with E-state index in [-0.39, 0.29) is 11.3 Å². The normalized spacial score (nSPS) is 15.7. The van der Waals surface area contributed by atoms with E-state index in [9.17, 15) is 8.78 Å². The zero-order valence-electron chi connectivity index (χ0n) is 14.0. The number of halogens is 4. The van der Waals surface area contributed by atoms with Crippen LogP contribution >= 0.6 is 23.2 Å². The van der Waals surface area contributed by atoms with E-state index < -0.39 is 12.3 Å². The molecule has 9 heteroatoms. The molecule has 0 radical (unpaired) electrons. The predicted octanol–water partition coefficient (Wildman–Crippen LogP) is 5.44. The lowest BCUT2D eigenvalue weighted by Crippen LogP contribution is -2.37. The minimum atomic E-state index is -2.81. The maximum absolute atomic E-state index is 12.6. The molecule has 2 heterocycles. The Kier molecular flexibility index (Phi) is 4.82. The van der Waals surface area contributed by atoms with E-state index in [1.165, 1.54) is 12.4 Å². The first kappa shape index (κ1) is 18.3. The van der Waals surface area contributed by atoms with Gasteiger partial charge in [0.1, 0.15) is 5.82 Å². The maximum Gasteiger partial charge on any atom is 0.314 e. The molecule has 0 saturated heterocycles. The summed E-state index contributed by atoms with van der Waals surface area (Å²) in [6.45, 7) is 0. The Morgan fingerprint density at radius 2 is 1.81 bits per heavy atom. The number of hydrogen-bond donors (Lipinski definition) is 0. The van der Waals surface area contributed by atoms with Crippen molar-refractivity contribution < 1.29 is 13.2 Å². The zero-order chi connectivity index (χ0) is 19.0. The molecule has 1 saturated carbocycles. The Balaban J connectivity index is 1.55. The van der Waals surface area contributed by atoms with Gasteiger partial charge < -0.3 is 4.42 Å². The number of alkyl halides is 2. The number of nitrogens with zero attached hydrogens (tertiary/aromatic N) is 4. The summed E-state index contributed by atoms with van der Waals surface area (Å²) in [5.41, 5.74) is 1.45. The molecule has 1 fully saturated rings. The topological polar surface area (TPSA) is 64.7 Å². The van der Waals surface area contributed by atoms with Crippen molar-refractivity contribution in [2.75, 3.05) is 0 Å². The molecule has 0 amide bonds. The molecule has 140 valence electrons. The van der Waals surface area contributed by atoms with E-state index in [2.05, 4.69) is 20.2 Å². The number of aromatic nitrogens is 4. The summed E-state index contributed by atoms with van der Waals surface area (Å²) in [6.07, 6.45) is 4.00. The van der Waals surface area contributed by atoms with Crippen LogP contribution in [0.15, 0.2) is 35.0 Å². The summed E-state index contributed by atoms with van der Waals surface area (Å²) < 4.78 is 30.0. The van der Waals surface area contributed by atoms with Gasteiger partial charge in [0.2, 0.25) is 0 Å². The smallest absolute Gasteiger partial charge is 0.314 e. The lowest BCUT2D eigenvalue weighted by Gasteiger charge is -2.42. The number of benzene rings is 1. The van der Waals surface area contributed by atoms with Crippen LogP contribution in [-0.4, -0.2) is 20.2 Å². The van der Waals surface area contributed by atoms with Gasteiger partial charge in [0.15, 0.2) is 0 Å². The highest BCUT2D eigenvalue weighted by atomic mass is 35.5. The molecule has 1 aromatic carbocycles. The Bertz CT molecular complexity index is 958. The van der Waals surface area contributed by atoms with Gasteiger partial charge in [-0.3, -0.25) is 0 Å². The summed E-state index contributed by atoms with van der Waals surface area (Å²) in [7, 11) is 0. The summed E-state index contributed by atoms with van der Waals surface area (Å²) >= 11 is 12.2. The van der Waals surface area contributed by atoms with E-state index in [0.717, 1.165) is 24.8 Å². The van der Waals surface area contributed by atoms with E-state index in [1.54, 1.807) is 6.07 Å². The van der Waals surface area contributed by atoms with Gasteiger partial charge in [0.05, 0.1) is 15.6 Å². The van der Waals surface area contributed by atoms with Crippen LogP contribution in [0.1, 0.15) is 43.0 Å². The predicted molar refractivity (Wildman–Crippen MR) is 96.0 cm³/mol. The second kappa shape index (κ2) is 7.13. The third-order valence-corrected chi connectivity index (χ3v) is 5.66. The minimum absolute atomic E-state index is 0.0281. The molecule has 3 aromatic rings. The molecular weight excluding hydrogens is 397 g/mol. The molecule has 1 aliphatic rings. The summed E-state index contributed by atoms with van der Waals surface area (Å²) in [4.78, 5) is 8.71. The molecule has 4 rings (SSSR count). The lowest BCUT2D eigenvalue weighted by molar-refractivity contribution is 0.116. The highest BCUT2D eigenvalue weighted by Crippen LogP contribution is 2.47. The van der Waals surface area contributed by atoms with Gasteiger partial charge in [-0.05, 0) is 30.5 Å². The second-order valence-corrected chi connectivity index (χ2v) is 7.39. The van der Waals surface area contributed by atoms with Gasteiger partial charge >= 0.3 is 6.43 Å². The highest BCUT2D eigenvalue weighted by molar-refractivity contribution is 6.42. The van der Waals surface area contributed by atoms with E-state index in [0.29, 0.717) is 27.9 Å². The minimum Gasteiger partial charge on any atom is -0.415 e. The molecule has 2 aromatic heterocycles. The van der Waals surface area contributed by atoms with Crippen molar-refractivity contribution in [1.29, 1.82) is 0 Å². The third kappa shape index (κ3) is 3.53. The van der Waals surface area contributed by atoms with Crippen molar-refractivity contribution in [3.8, 4) is 11.5 Å². The Hall–Kier alpha value is -2.12. The molecule has 0 atom stereocenters. The first-order valence-corrected chi connectivity index (χ1v) is 9.11. The summed E-state index contributed by atoms with van der Waals surface area (Å²) in [6, 6.07) is 5.70. The van der Waals surface area contributed by atoms with Crippen molar-refractivity contribution in [1.82, 2.24) is 20.2 Å². The van der Waals surface area contributed by atoms with Crippen molar-refractivity contribution in [2.45, 2.75) is 37.5 Å². The van der Waals surface area contributed by atoms with Gasteiger partial charge in [-0.15, -0.1) is 10.2 Å². The fourth-order valence-electron chi connectivity index (χ4n) is 3.30. The fraction of sp³-hybridized carbons (Fsp3) is 0.333. The number of hydrogen-bond acceptors (Lipinski definition) is 5. The number of rotatable bonds is 5. The van der Waals surface area contributed by atoms with Crippen LogP contribution < -0.4 is 0 Å². The van der Waals surface area contributed by atoms with Gasteiger partial charge in [0, 0.05) is 24.2 Å². The monoisotopic (exact) mass is 410 g/mol. The molecule has 1 aliphatic carbocycles. The third-order valence-electron chi connectivity index (χ3n) is 4.92. The van der Waals surface area contributed by atoms with Gasteiger partial charge in [-0.1, -0.05) is 35.7 Å². The molecule has 0 N–H and O–H groups in total. The molecule has 0 aliphatic heterocycles. The molecule has 0 unspecified atom stereocenters. The van der Waals surface area contributed by atoms with Crippen LogP contribution in [0.4, 0.5) is 8.78 Å². The molecule has 5 nitrogen and oxygen atoms in total. The van der Waals surface area contributed by atoms with Crippen LogP contribution in [0.5, 0.6) is 0 Å². The molecule has 0 bridgehead atoms. The molecule has 27 heavy (non-hydrogen) atoms.